The second-order valence-electron chi connectivity index (χ2n) is 10.2. The van der Waals surface area contributed by atoms with Crippen LogP contribution in [0.15, 0.2) is 30.3 Å². The molecule has 0 aliphatic heterocycles. The molecule has 0 aromatic heterocycles. The quantitative estimate of drug-likeness (QED) is 0.211. The molecule has 186 valence electrons. The maximum Gasteiger partial charge on any atom is 0.0303 e. The monoisotopic (exact) mass is 451 g/mol. The van der Waals surface area contributed by atoms with E-state index >= 15 is 0 Å². The van der Waals surface area contributed by atoms with Gasteiger partial charge in [-0.2, -0.15) is 0 Å². The van der Waals surface area contributed by atoms with Crippen LogP contribution in [-0.2, 0) is 12.8 Å². The molecule has 0 radical (unpaired) electrons. The predicted octanol–water partition coefficient (Wildman–Crippen LogP) is 10.2. The first-order chi connectivity index (χ1) is 16.2. The lowest BCUT2D eigenvalue weighted by Gasteiger charge is -2.22. The summed E-state index contributed by atoms with van der Waals surface area (Å²) in [6.45, 7) is 6.85. The summed E-state index contributed by atoms with van der Waals surface area (Å²) in [5.74, 6) is 0. The highest BCUT2D eigenvalue weighted by atomic mass is 14.6. The minimum Gasteiger partial charge on any atom is -0.324 e. The van der Waals surface area contributed by atoms with Crippen LogP contribution in [0.4, 0.5) is 0 Å². The molecule has 1 nitrogen and oxygen atoms in total. The van der Waals surface area contributed by atoms with Gasteiger partial charge in [0.1, 0.15) is 0 Å². The van der Waals surface area contributed by atoms with E-state index in [-0.39, 0.29) is 6.04 Å². The Kier molecular flexibility index (Phi) is 14.5. The van der Waals surface area contributed by atoms with Crippen LogP contribution in [0.1, 0.15) is 146 Å². The highest BCUT2D eigenvalue weighted by molar-refractivity contribution is 5.88. The summed E-state index contributed by atoms with van der Waals surface area (Å²) in [4.78, 5) is 0. The molecule has 0 saturated heterocycles. The molecule has 0 heterocycles. The fraction of sp³-hybridized carbons (Fsp3) is 0.688. The van der Waals surface area contributed by atoms with Gasteiger partial charge in [0, 0.05) is 6.04 Å². The van der Waals surface area contributed by atoms with Crippen molar-refractivity contribution in [1.29, 1.82) is 0 Å². The van der Waals surface area contributed by atoms with E-state index in [0.29, 0.717) is 0 Å². The minimum atomic E-state index is 0.165. The Morgan fingerprint density at radius 2 is 1.15 bits per heavy atom. The highest BCUT2D eigenvalue weighted by Crippen LogP contribution is 2.33. The van der Waals surface area contributed by atoms with E-state index in [1.807, 2.05) is 0 Å². The Balaban J connectivity index is 1.62. The number of nitrogens with two attached hydrogens (primary N) is 1. The molecule has 0 aliphatic rings. The average molecular weight is 452 g/mol. The molecule has 1 atom stereocenters. The number of aryl methyl sites for hydroxylation is 1. The molecule has 0 saturated carbocycles. The van der Waals surface area contributed by atoms with Gasteiger partial charge in [0.25, 0.3) is 0 Å². The molecule has 2 aromatic rings. The smallest absolute Gasteiger partial charge is 0.0303 e. The number of rotatable bonds is 19. The Morgan fingerprint density at radius 3 is 1.67 bits per heavy atom. The van der Waals surface area contributed by atoms with Crippen LogP contribution in [0.2, 0.25) is 0 Å². The van der Waals surface area contributed by atoms with E-state index in [4.69, 9.17) is 5.73 Å². The first kappa shape index (κ1) is 27.9. The van der Waals surface area contributed by atoms with Crippen LogP contribution >= 0.6 is 0 Å². The highest BCUT2D eigenvalue weighted by Gasteiger charge is 2.17. The van der Waals surface area contributed by atoms with Gasteiger partial charge in [0.2, 0.25) is 0 Å². The molecule has 0 fully saturated rings. The van der Waals surface area contributed by atoms with Gasteiger partial charge in [-0.25, -0.2) is 0 Å². The Labute approximate surface area is 205 Å². The Hall–Kier alpha value is -1.34. The molecule has 0 amide bonds. The molecule has 2 N–H and O–H groups in total. The second kappa shape index (κ2) is 17.1. The first-order valence-corrected chi connectivity index (χ1v) is 14.5. The summed E-state index contributed by atoms with van der Waals surface area (Å²) < 4.78 is 0. The van der Waals surface area contributed by atoms with E-state index in [0.717, 1.165) is 19.3 Å². The van der Waals surface area contributed by atoms with Crippen molar-refractivity contribution in [3.63, 3.8) is 0 Å². The van der Waals surface area contributed by atoms with Crippen molar-refractivity contribution in [3.8, 4) is 0 Å². The van der Waals surface area contributed by atoms with Crippen LogP contribution in [-0.4, -0.2) is 0 Å². The average Bonchev–Trinajstić information content (AvgIpc) is 2.84. The predicted molar refractivity (Wildman–Crippen MR) is 149 cm³/mol. The number of hydrogen-bond acceptors (Lipinski definition) is 1. The Morgan fingerprint density at radius 1 is 0.636 bits per heavy atom. The van der Waals surface area contributed by atoms with E-state index in [1.54, 1.807) is 0 Å². The van der Waals surface area contributed by atoms with Gasteiger partial charge < -0.3 is 5.73 Å². The lowest BCUT2D eigenvalue weighted by Crippen LogP contribution is -2.14. The van der Waals surface area contributed by atoms with Gasteiger partial charge in [0.05, 0.1) is 0 Å². The van der Waals surface area contributed by atoms with Crippen molar-refractivity contribution in [2.45, 2.75) is 142 Å². The number of benzene rings is 2. The maximum atomic E-state index is 6.82. The zero-order valence-corrected chi connectivity index (χ0v) is 22.3. The number of hydrogen-bond donors (Lipinski definition) is 1. The zero-order valence-electron chi connectivity index (χ0n) is 22.3. The molecule has 33 heavy (non-hydrogen) atoms. The van der Waals surface area contributed by atoms with Crippen LogP contribution in [0.5, 0.6) is 0 Å². The maximum absolute atomic E-state index is 6.82. The van der Waals surface area contributed by atoms with Gasteiger partial charge >= 0.3 is 0 Å². The van der Waals surface area contributed by atoms with Gasteiger partial charge in [-0.05, 0) is 46.7 Å². The molecule has 0 spiro atoms. The van der Waals surface area contributed by atoms with Crippen molar-refractivity contribution >= 4 is 10.8 Å². The van der Waals surface area contributed by atoms with Crippen LogP contribution in [0.25, 0.3) is 10.8 Å². The summed E-state index contributed by atoms with van der Waals surface area (Å²) in [6, 6.07) is 11.4. The molecular formula is C32H53N. The summed E-state index contributed by atoms with van der Waals surface area (Å²) in [6.07, 6.45) is 24.5. The normalized spacial score (nSPS) is 12.5. The second-order valence-corrected chi connectivity index (χ2v) is 10.2. The van der Waals surface area contributed by atoms with Crippen molar-refractivity contribution in [1.82, 2.24) is 0 Å². The lowest BCUT2D eigenvalue weighted by molar-refractivity contribution is 0.519. The van der Waals surface area contributed by atoms with Crippen LogP contribution in [0, 0.1) is 0 Å². The molecule has 0 aliphatic carbocycles. The summed E-state index contributed by atoms with van der Waals surface area (Å²) in [5, 5.41) is 2.73. The fourth-order valence-corrected chi connectivity index (χ4v) is 5.51. The van der Waals surface area contributed by atoms with E-state index in [2.05, 4.69) is 51.1 Å². The largest absolute Gasteiger partial charge is 0.324 e. The summed E-state index contributed by atoms with van der Waals surface area (Å²) >= 11 is 0. The van der Waals surface area contributed by atoms with Crippen molar-refractivity contribution in [2.75, 3.05) is 0 Å². The third kappa shape index (κ3) is 9.81. The van der Waals surface area contributed by atoms with Gasteiger partial charge in [0.15, 0.2) is 0 Å². The van der Waals surface area contributed by atoms with Gasteiger partial charge in [-0.3, -0.25) is 0 Å². The minimum absolute atomic E-state index is 0.165. The number of unbranched alkanes of at least 4 members (excludes halogenated alkanes) is 14. The molecule has 0 bridgehead atoms. The topological polar surface area (TPSA) is 26.0 Å². The molecule has 2 rings (SSSR count). The third-order valence-corrected chi connectivity index (χ3v) is 7.52. The molecule has 2 aromatic carbocycles. The summed E-state index contributed by atoms with van der Waals surface area (Å²) in [5.41, 5.74) is 11.2. The SMILES string of the molecule is CCCCCCCCCCCCCCCCCC(N)c1c(CC)c(CC)cc2ccccc12. The zero-order chi connectivity index (χ0) is 23.7. The number of fused-ring (bicyclic) bond motifs is 1. The van der Waals surface area contributed by atoms with Crippen molar-refractivity contribution in [3.05, 3.63) is 47.0 Å². The van der Waals surface area contributed by atoms with E-state index in [9.17, 15) is 0 Å². The standard InChI is InChI=1S/C32H53N/c1-4-7-8-9-10-11-12-13-14-15-16-17-18-19-20-25-31(33)32-29(6-3)27(5-2)26-28-23-21-22-24-30(28)32/h21-24,26,31H,4-20,25,33H2,1-3H3. The van der Waals surface area contributed by atoms with Crippen LogP contribution < -0.4 is 5.73 Å². The van der Waals surface area contributed by atoms with Crippen molar-refractivity contribution in [2.24, 2.45) is 5.73 Å². The van der Waals surface area contributed by atoms with E-state index in [1.165, 1.54) is 124 Å². The lowest BCUT2D eigenvalue weighted by atomic mass is 9.86. The van der Waals surface area contributed by atoms with Gasteiger partial charge in [-0.1, -0.05) is 147 Å². The third-order valence-electron chi connectivity index (χ3n) is 7.52. The fourth-order valence-electron chi connectivity index (χ4n) is 5.51. The summed E-state index contributed by atoms with van der Waals surface area (Å²) in [7, 11) is 0. The van der Waals surface area contributed by atoms with Crippen LogP contribution in [0.3, 0.4) is 0 Å². The first-order valence-electron chi connectivity index (χ1n) is 14.5. The molecule has 1 heteroatoms. The van der Waals surface area contributed by atoms with Gasteiger partial charge in [-0.15, -0.1) is 0 Å². The van der Waals surface area contributed by atoms with E-state index < -0.39 is 0 Å². The van der Waals surface area contributed by atoms with Crippen molar-refractivity contribution < 1.29 is 0 Å². The molecule has 1 unspecified atom stereocenters. The Bertz CT molecular complexity index is 762. The molecular weight excluding hydrogens is 398 g/mol.